The number of hydrogen-bond donors (Lipinski definition) is 1. The average Bonchev–Trinajstić information content (AvgIpc) is 2.44. The van der Waals surface area contributed by atoms with Crippen molar-refractivity contribution in [3.05, 3.63) is 29.8 Å². The van der Waals surface area contributed by atoms with Crippen molar-refractivity contribution in [2.45, 2.75) is 11.8 Å². The second kappa shape index (κ2) is 6.78. The number of rotatable bonds is 6. The number of nitrogens with zero attached hydrogens (tertiary/aromatic N) is 1. The summed E-state index contributed by atoms with van der Waals surface area (Å²) in [4.78, 5) is 11.3. The topological polar surface area (TPSA) is 89.7 Å². The van der Waals surface area contributed by atoms with Crippen molar-refractivity contribution >= 4 is 33.2 Å². The summed E-state index contributed by atoms with van der Waals surface area (Å²) in [5.74, 6) is -0.636. The van der Waals surface area contributed by atoms with E-state index in [0.29, 0.717) is 0 Å². The minimum Gasteiger partial charge on any atom is -0.468 e. The third-order valence-electron chi connectivity index (χ3n) is 2.66. The Morgan fingerprint density at radius 2 is 2.00 bits per heavy atom. The molecule has 1 aromatic rings. The van der Waals surface area contributed by atoms with Gasteiger partial charge >= 0.3 is 5.97 Å². The van der Waals surface area contributed by atoms with Crippen LogP contribution in [0.25, 0.3) is 0 Å². The molecular weight excluding hydrogens is 300 g/mol. The van der Waals surface area contributed by atoms with Crippen LogP contribution in [-0.4, -0.2) is 43.9 Å². The Morgan fingerprint density at radius 3 is 2.50 bits per heavy atom. The standard InChI is InChI=1S/C12H16N2O4S2/c1-3-14(8-11(15)18-2)20(16,17)10-7-5-4-6-9(10)12(13)19/h4-7H,3,8H2,1-2H3,(H2,13,19). The van der Waals surface area contributed by atoms with Crippen molar-refractivity contribution < 1.29 is 17.9 Å². The molecule has 0 saturated heterocycles. The lowest BCUT2D eigenvalue weighted by Crippen LogP contribution is -2.37. The van der Waals surface area contributed by atoms with Crippen LogP contribution < -0.4 is 5.73 Å². The first-order valence-corrected chi connectivity index (χ1v) is 7.65. The molecule has 0 radical (unpaired) electrons. The maximum Gasteiger partial charge on any atom is 0.321 e. The summed E-state index contributed by atoms with van der Waals surface area (Å²) in [7, 11) is -2.67. The Labute approximate surface area is 123 Å². The van der Waals surface area contributed by atoms with Gasteiger partial charge in [0.15, 0.2) is 0 Å². The summed E-state index contributed by atoms with van der Waals surface area (Å²) in [6.45, 7) is 1.40. The van der Waals surface area contributed by atoms with E-state index in [1.807, 2.05) is 0 Å². The fourth-order valence-corrected chi connectivity index (χ4v) is 3.45. The molecule has 0 saturated carbocycles. The SMILES string of the molecule is CCN(CC(=O)OC)S(=O)(=O)c1ccccc1C(N)=S. The number of carbonyl (C=O) groups is 1. The lowest BCUT2D eigenvalue weighted by Gasteiger charge is -2.20. The molecule has 20 heavy (non-hydrogen) atoms. The van der Waals surface area contributed by atoms with Crippen LogP contribution in [0, 0.1) is 0 Å². The van der Waals surface area contributed by atoms with Gasteiger partial charge in [0.05, 0.1) is 12.0 Å². The number of sulfonamides is 1. The van der Waals surface area contributed by atoms with E-state index in [1.165, 1.54) is 19.2 Å². The Balaban J connectivity index is 3.28. The third kappa shape index (κ3) is 3.53. The summed E-state index contributed by atoms with van der Waals surface area (Å²) in [6.07, 6.45) is 0. The molecule has 0 aliphatic heterocycles. The van der Waals surface area contributed by atoms with Crippen LogP contribution in [0.5, 0.6) is 0 Å². The summed E-state index contributed by atoms with van der Waals surface area (Å²) in [5, 5.41) is 0. The van der Waals surface area contributed by atoms with E-state index in [0.717, 1.165) is 4.31 Å². The van der Waals surface area contributed by atoms with Crippen molar-refractivity contribution in [3.8, 4) is 0 Å². The number of benzene rings is 1. The van der Waals surface area contributed by atoms with E-state index in [4.69, 9.17) is 18.0 Å². The van der Waals surface area contributed by atoms with Gasteiger partial charge < -0.3 is 10.5 Å². The highest BCUT2D eigenvalue weighted by Crippen LogP contribution is 2.20. The fraction of sp³-hybridized carbons (Fsp3) is 0.333. The molecule has 8 heteroatoms. The molecule has 1 rings (SSSR count). The maximum absolute atomic E-state index is 12.5. The van der Waals surface area contributed by atoms with Gasteiger partial charge in [0, 0.05) is 12.1 Å². The quantitative estimate of drug-likeness (QED) is 0.607. The first-order valence-electron chi connectivity index (χ1n) is 5.80. The second-order valence-corrected chi connectivity index (χ2v) is 6.21. The zero-order chi connectivity index (χ0) is 15.3. The zero-order valence-electron chi connectivity index (χ0n) is 11.2. The third-order valence-corrected chi connectivity index (χ3v) is 4.86. The number of thiocarbonyl (C=S) groups is 1. The van der Waals surface area contributed by atoms with Gasteiger partial charge in [-0.3, -0.25) is 4.79 Å². The number of ether oxygens (including phenoxy) is 1. The van der Waals surface area contributed by atoms with Gasteiger partial charge in [0.1, 0.15) is 11.5 Å². The number of methoxy groups -OCH3 is 1. The van der Waals surface area contributed by atoms with Crippen LogP contribution in [0.3, 0.4) is 0 Å². The molecule has 0 atom stereocenters. The summed E-state index contributed by atoms with van der Waals surface area (Å²) < 4.78 is 30.6. The normalized spacial score (nSPS) is 11.3. The van der Waals surface area contributed by atoms with Crippen LogP contribution in [0.1, 0.15) is 12.5 Å². The number of hydrogen-bond acceptors (Lipinski definition) is 5. The molecule has 110 valence electrons. The van der Waals surface area contributed by atoms with E-state index in [1.54, 1.807) is 19.1 Å². The predicted octanol–water partition coefficient (Wildman–Crippen LogP) is 0.504. The smallest absolute Gasteiger partial charge is 0.321 e. The second-order valence-electron chi connectivity index (χ2n) is 3.87. The maximum atomic E-state index is 12.5. The molecule has 2 N–H and O–H groups in total. The van der Waals surface area contributed by atoms with Crippen LogP contribution >= 0.6 is 12.2 Å². The zero-order valence-corrected chi connectivity index (χ0v) is 12.8. The van der Waals surface area contributed by atoms with Crippen LogP contribution in [-0.2, 0) is 19.6 Å². The fourth-order valence-electron chi connectivity index (χ4n) is 1.61. The van der Waals surface area contributed by atoms with Gasteiger partial charge in [-0.15, -0.1) is 0 Å². The van der Waals surface area contributed by atoms with Gasteiger partial charge in [-0.1, -0.05) is 37.3 Å². The van der Waals surface area contributed by atoms with Gasteiger partial charge in [-0.05, 0) is 6.07 Å². The van der Waals surface area contributed by atoms with Crippen molar-refractivity contribution in [3.63, 3.8) is 0 Å². The molecule has 0 amide bonds. The summed E-state index contributed by atoms with van der Waals surface area (Å²) >= 11 is 4.86. The molecule has 0 aromatic heterocycles. The molecule has 6 nitrogen and oxygen atoms in total. The molecule has 1 aromatic carbocycles. The van der Waals surface area contributed by atoms with Crippen LogP contribution in [0.4, 0.5) is 0 Å². The predicted molar refractivity (Wildman–Crippen MR) is 78.8 cm³/mol. The number of esters is 1. The first-order chi connectivity index (χ1) is 9.34. The lowest BCUT2D eigenvalue weighted by molar-refractivity contribution is -0.140. The lowest BCUT2D eigenvalue weighted by atomic mass is 10.2. The Kier molecular flexibility index (Phi) is 5.61. The monoisotopic (exact) mass is 316 g/mol. The van der Waals surface area contributed by atoms with Crippen molar-refractivity contribution in [2.75, 3.05) is 20.2 Å². The molecule has 0 unspecified atom stereocenters. The highest BCUT2D eigenvalue weighted by atomic mass is 32.2. The molecule has 0 aliphatic rings. The summed E-state index contributed by atoms with van der Waals surface area (Å²) in [5.41, 5.74) is 5.79. The number of likely N-dealkylation sites (N-methyl/N-ethyl adjacent to an activating group) is 1. The Hall–Kier alpha value is -1.51. The summed E-state index contributed by atoms with van der Waals surface area (Å²) in [6, 6.07) is 6.15. The largest absolute Gasteiger partial charge is 0.468 e. The van der Waals surface area contributed by atoms with Crippen molar-refractivity contribution in [1.82, 2.24) is 4.31 Å². The van der Waals surface area contributed by atoms with Gasteiger partial charge in [-0.2, -0.15) is 4.31 Å². The first kappa shape index (κ1) is 16.5. The molecular formula is C12H16N2O4S2. The van der Waals surface area contributed by atoms with Gasteiger partial charge in [0.2, 0.25) is 10.0 Å². The Morgan fingerprint density at radius 1 is 1.40 bits per heavy atom. The van der Waals surface area contributed by atoms with E-state index >= 15 is 0 Å². The highest BCUT2D eigenvalue weighted by Gasteiger charge is 2.28. The molecule has 0 aliphatic carbocycles. The number of nitrogens with two attached hydrogens (primary N) is 1. The van der Waals surface area contributed by atoms with E-state index in [2.05, 4.69) is 4.74 Å². The van der Waals surface area contributed by atoms with E-state index in [9.17, 15) is 13.2 Å². The molecule has 0 bridgehead atoms. The number of carbonyl (C=O) groups excluding carboxylic acids is 1. The average molecular weight is 316 g/mol. The van der Waals surface area contributed by atoms with Crippen molar-refractivity contribution in [2.24, 2.45) is 5.73 Å². The van der Waals surface area contributed by atoms with E-state index < -0.39 is 16.0 Å². The molecule has 0 fully saturated rings. The molecule has 0 spiro atoms. The molecule has 0 heterocycles. The highest BCUT2D eigenvalue weighted by molar-refractivity contribution is 7.89. The van der Waals surface area contributed by atoms with Crippen molar-refractivity contribution in [1.29, 1.82) is 0 Å². The minimum atomic E-state index is -3.87. The van der Waals surface area contributed by atoms with Gasteiger partial charge in [-0.25, -0.2) is 8.42 Å². The van der Waals surface area contributed by atoms with Crippen LogP contribution in [0.15, 0.2) is 29.2 Å². The Bertz CT molecular complexity index is 614. The van der Waals surface area contributed by atoms with Gasteiger partial charge in [0.25, 0.3) is 0 Å². The van der Waals surface area contributed by atoms with E-state index in [-0.39, 0.29) is 28.5 Å². The minimum absolute atomic E-state index is 0.0155. The van der Waals surface area contributed by atoms with Crippen LogP contribution in [0.2, 0.25) is 0 Å².